The Kier molecular flexibility index (Phi) is 9.92. The second-order valence-corrected chi connectivity index (χ2v) is 14.9. The predicted octanol–water partition coefficient (Wildman–Crippen LogP) is 4.55. The molecule has 0 saturated heterocycles. The minimum absolute atomic E-state index is 0.140. The maximum Gasteiger partial charge on any atom is 0.261 e. The topological polar surface area (TPSA) is 150 Å². The van der Waals surface area contributed by atoms with E-state index in [2.05, 4.69) is 0 Å². The Morgan fingerprint density at radius 1 is 0.281 bits per heavy atom. The number of nitrogens with zero attached hydrogens (tertiary/aromatic N) is 5. The number of amides is 8. The molecule has 4 aliphatic heterocycles. The molecule has 13 heteroatoms. The van der Waals surface area contributed by atoms with Crippen LogP contribution in [0.2, 0.25) is 0 Å². The van der Waals surface area contributed by atoms with Crippen molar-refractivity contribution in [3.63, 3.8) is 0 Å². The minimum Gasteiger partial charge on any atom is -0.323 e. The largest absolute Gasteiger partial charge is 0.323 e. The summed E-state index contributed by atoms with van der Waals surface area (Å²) in [5.41, 5.74) is 2.82. The molecule has 0 saturated carbocycles. The number of benzene rings is 4. The summed E-state index contributed by atoms with van der Waals surface area (Å²) < 4.78 is 0.346. The Balaban J connectivity index is 1.03. The highest BCUT2D eigenvalue weighted by atomic mass is 16.2. The van der Waals surface area contributed by atoms with Crippen molar-refractivity contribution in [2.45, 2.75) is 25.7 Å². The van der Waals surface area contributed by atoms with Crippen LogP contribution >= 0.6 is 0 Å². The van der Waals surface area contributed by atoms with Gasteiger partial charge >= 0.3 is 0 Å². The van der Waals surface area contributed by atoms with Crippen LogP contribution in [0.15, 0.2) is 97.1 Å². The molecule has 13 nitrogen and oxygen atoms in total. The second kappa shape index (κ2) is 15.1. The van der Waals surface area contributed by atoms with Crippen molar-refractivity contribution in [2.24, 2.45) is 0 Å². The van der Waals surface area contributed by atoms with Gasteiger partial charge in [0.25, 0.3) is 47.3 Å². The van der Waals surface area contributed by atoms with Crippen molar-refractivity contribution in [3.8, 4) is 0 Å². The van der Waals surface area contributed by atoms with Crippen molar-refractivity contribution < 1.29 is 42.8 Å². The van der Waals surface area contributed by atoms with Gasteiger partial charge in [0.05, 0.1) is 70.7 Å². The van der Waals surface area contributed by atoms with E-state index in [4.69, 9.17) is 0 Å². The number of carbonyl (C=O) groups excluding carboxylic acids is 8. The van der Waals surface area contributed by atoms with Gasteiger partial charge in [-0.05, 0) is 48.5 Å². The highest BCUT2D eigenvalue weighted by Gasteiger charge is 2.40. The van der Waals surface area contributed by atoms with Crippen LogP contribution in [0.25, 0.3) is 0 Å². The average molecular weight is 767 g/mol. The van der Waals surface area contributed by atoms with Gasteiger partial charge in [-0.25, -0.2) is 0 Å². The van der Waals surface area contributed by atoms with Gasteiger partial charge in [-0.1, -0.05) is 48.5 Å². The molecule has 0 atom stereocenters. The van der Waals surface area contributed by atoms with E-state index in [-0.39, 0.29) is 73.4 Å². The lowest BCUT2D eigenvalue weighted by Crippen LogP contribution is -2.53. The van der Waals surface area contributed by atoms with Crippen LogP contribution in [0, 0.1) is 0 Å². The summed E-state index contributed by atoms with van der Waals surface area (Å²) in [6, 6.07) is 26.8. The van der Waals surface area contributed by atoms with Gasteiger partial charge in [0, 0.05) is 51.9 Å². The summed E-state index contributed by atoms with van der Waals surface area (Å²) in [4.78, 5) is 111. The monoisotopic (exact) mass is 766 g/mol. The molecule has 4 aromatic carbocycles. The molecule has 57 heavy (non-hydrogen) atoms. The summed E-state index contributed by atoms with van der Waals surface area (Å²) in [6.45, 7) is 2.34. The first-order valence-electron chi connectivity index (χ1n) is 19.3. The van der Waals surface area contributed by atoms with Crippen molar-refractivity contribution in [1.29, 1.82) is 0 Å². The summed E-state index contributed by atoms with van der Waals surface area (Å²) >= 11 is 0. The lowest BCUT2D eigenvalue weighted by molar-refractivity contribution is -0.928. The van der Waals surface area contributed by atoms with Crippen LogP contribution in [0.5, 0.6) is 0 Å². The van der Waals surface area contributed by atoms with Gasteiger partial charge in [0.2, 0.25) is 0 Å². The van der Waals surface area contributed by atoms with E-state index >= 15 is 0 Å². The molecule has 0 aromatic heterocycles. The highest BCUT2D eigenvalue weighted by molar-refractivity contribution is 6.23. The standard InChI is InChI=1S/C44H40N5O8/c50-37-29-13-1-2-14-30(29)38(51)45(37)21-9-25-49(26-10-22-46-39(52)31-15-3-4-16-32(31)40(46)53,27-11-23-47-41(54)33-17-5-6-18-34(33)42(47)55)28-12-24-48-43(56)35-19-7-8-20-36(35)44(48)57/h1-8,13-20H,9-12,21-28H2/q+1. The first kappa shape index (κ1) is 37.3. The second-order valence-electron chi connectivity index (χ2n) is 14.9. The molecule has 8 amide bonds. The quantitative estimate of drug-likeness (QED) is 0.119. The molecule has 0 aliphatic carbocycles. The smallest absolute Gasteiger partial charge is 0.261 e. The van der Waals surface area contributed by atoms with Crippen LogP contribution in [0.3, 0.4) is 0 Å². The maximum atomic E-state index is 13.3. The fourth-order valence-electron chi connectivity index (χ4n) is 8.70. The van der Waals surface area contributed by atoms with Crippen LogP contribution < -0.4 is 0 Å². The SMILES string of the molecule is O=C1c2ccccc2C(=O)N1CCC[N+](CCCN1C(=O)c2ccccc2C1=O)(CCCN1C(=O)c2ccccc2C1=O)CCCN1C(=O)c2ccccc2C1=O. The first-order chi connectivity index (χ1) is 27.6. The zero-order valence-corrected chi connectivity index (χ0v) is 31.2. The summed E-state index contributed by atoms with van der Waals surface area (Å²) in [7, 11) is 0. The number of fused-ring (bicyclic) bond motifs is 4. The Hall–Kier alpha value is -6.60. The molecular formula is C44H40N5O8+. The number of hydrogen-bond donors (Lipinski definition) is 0. The predicted molar refractivity (Wildman–Crippen MR) is 205 cm³/mol. The average Bonchev–Trinajstić information content (AvgIpc) is 3.82. The lowest BCUT2D eigenvalue weighted by atomic mass is 10.1. The number of hydrogen-bond acceptors (Lipinski definition) is 8. The van der Waals surface area contributed by atoms with E-state index in [1.807, 2.05) is 0 Å². The van der Waals surface area contributed by atoms with Crippen molar-refractivity contribution in [1.82, 2.24) is 19.6 Å². The van der Waals surface area contributed by atoms with Gasteiger partial charge in [0.1, 0.15) is 0 Å². The zero-order valence-electron chi connectivity index (χ0n) is 31.2. The van der Waals surface area contributed by atoms with Crippen molar-refractivity contribution in [3.05, 3.63) is 142 Å². The number of rotatable bonds is 16. The molecule has 0 bridgehead atoms. The molecule has 0 fully saturated rings. The van der Waals surface area contributed by atoms with Crippen molar-refractivity contribution >= 4 is 47.3 Å². The molecule has 288 valence electrons. The normalized spacial score (nSPS) is 16.0. The Bertz CT molecular complexity index is 1920. The Morgan fingerprint density at radius 3 is 0.596 bits per heavy atom. The van der Waals surface area contributed by atoms with E-state index in [0.29, 0.717) is 101 Å². The fourth-order valence-corrected chi connectivity index (χ4v) is 8.70. The van der Waals surface area contributed by atoms with E-state index in [1.165, 1.54) is 19.6 Å². The van der Waals surface area contributed by atoms with Crippen LogP contribution in [-0.4, -0.2) is 124 Å². The molecule has 4 aliphatic rings. The fraction of sp³-hybridized carbons (Fsp3) is 0.273. The molecule has 4 heterocycles. The van der Waals surface area contributed by atoms with Gasteiger partial charge in [0.15, 0.2) is 0 Å². The van der Waals surface area contributed by atoms with Gasteiger partial charge in [-0.15, -0.1) is 0 Å². The van der Waals surface area contributed by atoms with Gasteiger partial charge in [-0.2, -0.15) is 0 Å². The molecule has 0 N–H and O–H groups in total. The van der Waals surface area contributed by atoms with E-state index < -0.39 is 0 Å². The van der Waals surface area contributed by atoms with E-state index in [1.54, 1.807) is 97.1 Å². The van der Waals surface area contributed by atoms with Crippen LogP contribution in [0.4, 0.5) is 0 Å². The first-order valence-corrected chi connectivity index (χ1v) is 19.3. The number of quaternary nitrogens is 1. The highest BCUT2D eigenvalue weighted by Crippen LogP contribution is 2.28. The molecule has 0 spiro atoms. The molecular weight excluding hydrogens is 727 g/mol. The molecule has 0 radical (unpaired) electrons. The van der Waals surface area contributed by atoms with Crippen LogP contribution in [-0.2, 0) is 0 Å². The molecule has 4 aromatic rings. The summed E-state index contributed by atoms with van der Waals surface area (Å²) in [5.74, 6) is -2.92. The third kappa shape index (κ3) is 6.63. The van der Waals surface area contributed by atoms with Crippen LogP contribution in [0.1, 0.15) is 109 Å². The third-order valence-corrected chi connectivity index (χ3v) is 11.6. The number of carbonyl (C=O) groups is 8. The third-order valence-electron chi connectivity index (χ3n) is 11.6. The lowest BCUT2D eigenvalue weighted by Gasteiger charge is -2.40. The molecule has 8 rings (SSSR count). The maximum absolute atomic E-state index is 13.3. The molecule has 0 unspecified atom stereocenters. The number of imide groups is 4. The summed E-state index contributed by atoms with van der Waals surface area (Å²) in [5, 5.41) is 0. The van der Waals surface area contributed by atoms with E-state index in [0.717, 1.165) is 0 Å². The van der Waals surface area contributed by atoms with E-state index in [9.17, 15) is 38.4 Å². The van der Waals surface area contributed by atoms with Gasteiger partial charge < -0.3 is 4.48 Å². The van der Waals surface area contributed by atoms with Gasteiger partial charge in [-0.3, -0.25) is 58.0 Å². The van der Waals surface area contributed by atoms with Crippen molar-refractivity contribution in [2.75, 3.05) is 52.4 Å². The minimum atomic E-state index is -0.365. The Labute approximate surface area is 328 Å². The Morgan fingerprint density at radius 2 is 0.439 bits per heavy atom. The zero-order chi connectivity index (χ0) is 39.8. The summed E-state index contributed by atoms with van der Waals surface area (Å²) in [6.07, 6.45) is 1.61.